The molecule has 0 aromatic rings. The quantitative estimate of drug-likeness (QED) is 0.784. The Kier molecular flexibility index (Phi) is 4.68. The smallest absolute Gasteiger partial charge is 0.0616 e. The van der Waals surface area contributed by atoms with E-state index >= 15 is 0 Å². The van der Waals surface area contributed by atoms with E-state index in [-0.39, 0.29) is 5.54 Å². The van der Waals surface area contributed by atoms with Crippen molar-refractivity contribution in [3.8, 4) is 0 Å². The van der Waals surface area contributed by atoms with Crippen molar-refractivity contribution in [3.05, 3.63) is 0 Å². The molecule has 2 unspecified atom stereocenters. The third-order valence-corrected chi connectivity index (χ3v) is 5.98. The molecule has 0 amide bonds. The molecule has 3 fully saturated rings. The van der Waals surface area contributed by atoms with E-state index in [0.29, 0.717) is 18.6 Å². The number of piperidine rings is 1. The molecular weight excluding hydrogens is 248 g/mol. The van der Waals surface area contributed by atoms with Crippen LogP contribution in [0.15, 0.2) is 0 Å². The van der Waals surface area contributed by atoms with Gasteiger partial charge in [-0.3, -0.25) is 0 Å². The van der Waals surface area contributed by atoms with Gasteiger partial charge in [-0.1, -0.05) is 13.3 Å². The lowest BCUT2D eigenvalue weighted by Crippen LogP contribution is -2.53. The summed E-state index contributed by atoms with van der Waals surface area (Å²) in [6, 6.07) is 0.707. The summed E-state index contributed by atoms with van der Waals surface area (Å²) >= 11 is 0. The van der Waals surface area contributed by atoms with Crippen LogP contribution in [0.5, 0.6) is 0 Å². The van der Waals surface area contributed by atoms with Crippen molar-refractivity contribution in [1.29, 1.82) is 0 Å². The highest BCUT2D eigenvalue weighted by Gasteiger charge is 2.44. The molecule has 2 aliphatic carbocycles. The van der Waals surface area contributed by atoms with Crippen LogP contribution in [-0.2, 0) is 0 Å². The van der Waals surface area contributed by atoms with Gasteiger partial charge < -0.3 is 15.3 Å². The lowest BCUT2D eigenvalue weighted by atomic mass is 9.84. The minimum absolute atomic E-state index is 0.0598. The summed E-state index contributed by atoms with van der Waals surface area (Å²) in [5.74, 6) is 1.61. The Morgan fingerprint density at radius 1 is 1.15 bits per heavy atom. The van der Waals surface area contributed by atoms with Crippen molar-refractivity contribution in [2.24, 2.45) is 11.8 Å². The Morgan fingerprint density at radius 3 is 2.55 bits per heavy atom. The summed E-state index contributed by atoms with van der Waals surface area (Å²) in [5, 5.41) is 13.8. The van der Waals surface area contributed by atoms with E-state index in [1.165, 1.54) is 71.0 Å². The maximum absolute atomic E-state index is 9.96. The molecule has 0 bridgehead atoms. The molecule has 3 aliphatic rings. The normalized spacial score (nSPS) is 36.6. The van der Waals surface area contributed by atoms with Crippen LogP contribution in [0.4, 0.5) is 0 Å². The predicted molar refractivity (Wildman–Crippen MR) is 82.8 cm³/mol. The van der Waals surface area contributed by atoms with Gasteiger partial charge in [0.15, 0.2) is 0 Å². The molecule has 116 valence electrons. The summed E-state index contributed by atoms with van der Waals surface area (Å²) in [4.78, 5) is 2.65. The molecule has 3 nitrogen and oxygen atoms in total. The highest BCUT2D eigenvalue weighted by molar-refractivity contribution is 5.03. The van der Waals surface area contributed by atoms with Crippen LogP contribution in [-0.4, -0.2) is 47.8 Å². The third-order valence-electron chi connectivity index (χ3n) is 5.98. The zero-order valence-electron chi connectivity index (χ0n) is 13.1. The van der Waals surface area contributed by atoms with Crippen molar-refractivity contribution in [2.75, 3.05) is 26.2 Å². The number of likely N-dealkylation sites (tertiary alicyclic amines) is 1. The van der Waals surface area contributed by atoms with E-state index in [2.05, 4.69) is 17.1 Å². The van der Waals surface area contributed by atoms with Crippen molar-refractivity contribution >= 4 is 0 Å². The minimum atomic E-state index is 0.0598. The average molecular weight is 280 g/mol. The van der Waals surface area contributed by atoms with Gasteiger partial charge >= 0.3 is 0 Å². The maximum atomic E-state index is 9.96. The van der Waals surface area contributed by atoms with Crippen molar-refractivity contribution < 1.29 is 5.11 Å². The van der Waals surface area contributed by atoms with E-state index < -0.39 is 0 Å². The number of rotatable bonds is 6. The molecule has 2 N–H and O–H groups in total. The summed E-state index contributed by atoms with van der Waals surface area (Å²) < 4.78 is 0. The Hall–Kier alpha value is -0.120. The van der Waals surface area contributed by atoms with Gasteiger partial charge in [0.25, 0.3) is 0 Å². The van der Waals surface area contributed by atoms with E-state index in [4.69, 9.17) is 0 Å². The Bertz CT molecular complexity index is 310. The fourth-order valence-electron chi connectivity index (χ4n) is 4.27. The lowest BCUT2D eigenvalue weighted by molar-refractivity contribution is 0.103. The van der Waals surface area contributed by atoms with Gasteiger partial charge in [-0.15, -0.1) is 0 Å². The second-order valence-electron chi connectivity index (χ2n) is 7.63. The number of aliphatic hydroxyl groups excluding tert-OH is 1. The molecule has 2 saturated carbocycles. The molecule has 0 radical (unpaired) electrons. The predicted octanol–water partition coefficient (Wildman–Crippen LogP) is 2.39. The average Bonchev–Trinajstić information content (AvgIpc) is 3.18. The SMILES string of the molecule is CC1CCN(CCC2CCCC2(CO)NC2CC2)CC1. The molecule has 0 aromatic heterocycles. The Morgan fingerprint density at radius 2 is 1.90 bits per heavy atom. The maximum Gasteiger partial charge on any atom is 0.0616 e. The summed E-state index contributed by atoms with van der Waals surface area (Å²) in [7, 11) is 0. The van der Waals surface area contributed by atoms with Crippen LogP contribution >= 0.6 is 0 Å². The number of aliphatic hydroxyl groups is 1. The van der Waals surface area contributed by atoms with Gasteiger partial charge in [0, 0.05) is 11.6 Å². The fraction of sp³-hybridized carbons (Fsp3) is 1.00. The molecule has 1 heterocycles. The number of hydrogen-bond acceptors (Lipinski definition) is 3. The zero-order chi connectivity index (χ0) is 14.0. The zero-order valence-corrected chi connectivity index (χ0v) is 13.1. The molecular formula is C17H32N2O. The Labute approximate surface area is 124 Å². The molecule has 1 aliphatic heterocycles. The largest absolute Gasteiger partial charge is 0.394 e. The first-order chi connectivity index (χ1) is 9.72. The van der Waals surface area contributed by atoms with E-state index in [1.807, 2.05) is 0 Å². The molecule has 0 aromatic carbocycles. The van der Waals surface area contributed by atoms with Crippen LogP contribution in [0.3, 0.4) is 0 Å². The summed E-state index contributed by atoms with van der Waals surface area (Å²) in [6.07, 6.45) is 10.4. The van der Waals surface area contributed by atoms with Crippen molar-refractivity contribution in [2.45, 2.75) is 69.9 Å². The second kappa shape index (κ2) is 6.33. The molecule has 1 saturated heterocycles. The number of nitrogens with zero attached hydrogens (tertiary/aromatic N) is 1. The van der Waals surface area contributed by atoms with Gasteiger partial charge in [-0.05, 0) is 76.4 Å². The molecule has 0 spiro atoms. The van der Waals surface area contributed by atoms with Crippen LogP contribution < -0.4 is 5.32 Å². The van der Waals surface area contributed by atoms with E-state index in [1.54, 1.807) is 0 Å². The number of nitrogens with one attached hydrogen (secondary N) is 1. The number of hydrogen-bond donors (Lipinski definition) is 2. The molecule has 20 heavy (non-hydrogen) atoms. The van der Waals surface area contributed by atoms with Gasteiger partial charge in [0.1, 0.15) is 0 Å². The molecule has 3 heteroatoms. The first-order valence-electron chi connectivity index (χ1n) is 8.83. The summed E-state index contributed by atoms with van der Waals surface area (Å²) in [5.41, 5.74) is 0.0598. The minimum Gasteiger partial charge on any atom is -0.394 e. The highest BCUT2D eigenvalue weighted by Crippen LogP contribution is 2.40. The standard InChI is InChI=1S/C17H32N2O/c1-14-6-10-19(11-7-14)12-8-15-3-2-9-17(15,13-20)18-16-4-5-16/h14-16,18,20H,2-13H2,1H3. The van der Waals surface area contributed by atoms with Crippen molar-refractivity contribution in [3.63, 3.8) is 0 Å². The van der Waals surface area contributed by atoms with Gasteiger partial charge in [-0.2, -0.15) is 0 Å². The van der Waals surface area contributed by atoms with E-state index in [0.717, 1.165) is 5.92 Å². The van der Waals surface area contributed by atoms with Crippen LogP contribution in [0.25, 0.3) is 0 Å². The van der Waals surface area contributed by atoms with E-state index in [9.17, 15) is 5.11 Å². The molecule has 2 atom stereocenters. The van der Waals surface area contributed by atoms with Crippen LogP contribution in [0.1, 0.15) is 58.3 Å². The third kappa shape index (κ3) is 3.37. The first kappa shape index (κ1) is 14.8. The second-order valence-corrected chi connectivity index (χ2v) is 7.63. The van der Waals surface area contributed by atoms with Crippen molar-refractivity contribution in [1.82, 2.24) is 10.2 Å². The monoisotopic (exact) mass is 280 g/mol. The topological polar surface area (TPSA) is 35.5 Å². The molecule has 3 rings (SSSR count). The fourth-order valence-corrected chi connectivity index (χ4v) is 4.27. The van der Waals surface area contributed by atoms with Crippen LogP contribution in [0, 0.1) is 11.8 Å². The van der Waals surface area contributed by atoms with Crippen LogP contribution in [0.2, 0.25) is 0 Å². The summed E-state index contributed by atoms with van der Waals surface area (Å²) in [6.45, 7) is 6.54. The first-order valence-corrected chi connectivity index (χ1v) is 8.83. The van der Waals surface area contributed by atoms with Gasteiger partial charge in [0.05, 0.1) is 6.61 Å². The van der Waals surface area contributed by atoms with Gasteiger partial charge in [-0.25, -0.2) is 0 Å². The van der Waals surface area contributed by atoms with Gasteiger partial charge in [0.2, 0.25) is 0 Å². The lowest BCUT2D eigenvalue weighted by Gasteiger charge is -2.37. The highest BCUT2D eigenvalue weighted by atomic mass is 16.3. The Balaban J connectivity index is 1.50.